The number of nitrogens with two attached hydrogens (primary N) is 1. The molecule has 0 spiro atoms. The van der Waals surface area contributed by atoms with Crippen molar-refractivity contribution < 1.29 is 0 Å². The number of piperidine rings is 1. The number of fused-ring (bicyclic) bond motifs is 2. The Morgan fingerprint density at radius 3 is 2.85 bits per heavy atom. The number of rotatable bonds is 3. The lowest BCUT2D eigenvalue weighted by molar-refractivity contribution is 0.202. The summed E-state index contributed by atoms with van der Waals surface area (Å²) in [4.78, 5) is 2.53. The molecule has 0 amide bonds. The maximum Gasteiger partial charge on any atom is 0.0947 e. The Morgan fingerprint density at radius 1 is 1.62 bits per heavy atom. The molecule has 1 saturated carbocycles. The van der Waals surface area contributed by atoms with Crippen LogP contribution >= 0.6 is 0 Å². The van der Waals surface area contributed by atoms with Crippen LogP contribution in [0, 0.1) is 17.2 Å². The van der Waals surface area contributed by atoms with E-state index in [0.717, 1.165) is 18.5 Å². The zero-order valence-corrected chi connectivity index (χ0v) is 8.29. The summed E-state index contributed by atoms with van der Waals surface area (Å²) >= 11 is 0. The van der Waals surface area contributed by atoms with Crippen molar-refractivity contribution in [2.75, 3.05) is 13.1 Å². The van der Waals surface area contributed by atoms with Crippen LogP contribution in [0.25, 0.3) is 0 Å². The molecule has 1 aliphatic carbocycles. The van der Waals surface area contributed by atoms with Crippen LogP contribution in [0.15, 0.2) is 0 Å². The number of nitrogens with one attached hydrogen (secondary N) is 1. The average Bonchev–Trinajstić information content (AvgIpc) is 2.64. The molecule has 1 aliphatic heterocycles. The van der Waals surface area contributed by atoms with Crippen molar-refractivity contribution in [1.29, 1.82) is 5.41 Å². The van der Waals surface area contributed by atoms with Crippen LogP contribution in [0.4, 0.5) is 0 Å². The molecule has 0 radical (unpaired) electrons. The maximum absolute atomic E-state index is 7.35. The molecule has 1 heterocycles. The first kappa shape index (κ1) is 9.00. The van der Waals surface area contributed by atoms with Crippen molar-refractivity contribution >= 4 is 5.84 Å². The van der Waals surface area contributed by atoms with Gasteiger partial charge in [-0.25, -0.2) is 0 Å². The van der Waals surface area contributed by atoms with Gasteiger partial charge in [0.05, 0.1) is 5.84 Å². The first-order valence-corrected chi connectivity index (χ1v) is 5.24. The van der Waals surface area contributed by atoms with Crippen LogP contribution in [-0.2, 0) is 0 Å². The van der Waals surface area contributed by atoms with Crippen molar-refractivity contribution in [3.05, 3.63) is 0 Å². The van der Waals surface area contributed by atoms with Crippen molar-refractivity contribution in [3.8, 4) is 0 Å². The third-order valence-electron chi connectivity index (χ3n) is 3.56. The molecule has 3 heteroatoms. The summed E-state index contributed by atoms with van der Waals surface area (Å²) in [6, 6.07) is 0.812. The molecule has 1 saturated heterocycles. The summed E-state index contributed by atoms with van der Waals surface area (Å²) in [6.07, 6.45) is 4.19. The lowest BCUT2D eigenvalue weighted by Gasteiger charge is -2.28. The summed E-state index contributed by atoms with van der Waals surface area (Å²) < 4.78 is 0. The predicted molar refractivity (Wildman–Crippen MR) is 53.8 cm³/mol. The van der Waals surface area contributed by atoms with Crippen LogP contribution in [0.1, 0.15) is 26.2 Å². The molecule has 3 N–H and O–H groups in total. The van der Waals surface area contributed by atoms with Crippen LogP contribution in [0.5, 0.6) is 0 Å². The lowest BCUT2D eigenvalue weighted by Crippen LogP contribution is -2.39. The first-order valence-electron chi connectivity index (χ1n) is 5.24. The third-order valence-corrected chi connectivity index (χ3v) is 3.56. The zero-order valence-electron chi connectivity index (χ0n) is 8.29. The van der Waals surface area contributed by atoms with Gasteiger partial charge in [-0.3, -0.25) is 10.3 Å². The van der Waals surface area contributed by atoms with Gasteiger partial charge in [0.1, 0.15) is 0 Å². The Kier molecular flexibility index (Phi) is 2.28. The first-order chi connectivity index (χ1) is 6.16. The Balaban J connectivity index is 1.86. The fraction of sp³-hybridized carbons (Fsp3) is 0.900. The van der Waals surface area contributed by atoms with Crippen LogP contribution in [0.2, 0.25) is 0 Å². The molecule has 2 aliphatic rings. The smallest absolute Gasteiger partial charge is 0.0947 e. The van der Waals surface area contributed by atoms with E-state index < -0.39 is 0 Å². The molecule has 2 bridgehead atoms. The van der Waals surface area contributed by atoms with Crippen molar-refractivity contribution in [3.63, 3.8) is 0 Å². The summed E-state index contributed by atoms with van der Waals surface area (Å²) in [7, 11) is 0. The van der Waals surface area contributed by atoms with E-state index in [4.69, 9.17) is 11.1 Å². The minimum atomic E-state index is 0.236. The Morgan fingerprint density at radius 2 is 2.38 bits per heavy atom. The van der Waals surface area contributed by atoms with Gasteiger partial charge in [-0.15, -0.1) is 0 Å². The van der Waals surface area contributed by atoms with E-state index >= 15 is 0 Å². The molecule has 74 valence electrons. The second kappa shape index (κ2) is 3.29. The van der Waals surface area contributed by atoms with E-state index in [0.29, 0.717) is 5.84 Å². The standard InChI is InChI=1S/C10H19N3/c1-7(10(11)12)5-13-6-8-2-3-9(13)4-8/h7-9H,2-6H2,1H3,(H3,11,12). The predicted octanol–water partition coefficient (Wildman–Crippen LogP) is 1.04. The van der Waals surface area contributed by atoms with E-state index in [1.54, 1.807) is 0 Å². The fourth-order valence-electron chi connectivity index (χ4n) is 2.70. The number of nitrogens with zero attached hydrogens (tertiary/aromatic N) is 1. The van der Waals surface area contributed by atoms with Crippen LogP contribution < -0.4 is 5.73 Å². The second-order valence-corrected chi connectivity index (χ2v) is 4.64. The number of amidine groups is 1. The molecule has 0 aromatic heterocycles. The summed E-state index contributed by atoms with van der Waals surface area (Å²) in [6.45, 7) is 4.30. The van der Waals surface area contributed by atoms with Gasteiger partial charge < -0.3 is 5.73 Å². The highest BCUT2D eigenvalue weighted by molar-refractivity contribution is 5.79. The SMILES string of the molecule is CC(CN1CC2CCC1C2)C(=N)N. The van der Waals surface area contributed by atoms with E-state index in [-0.39, 0.29) is 5.92 Å². The number of hydrogen-bond acceptors (Lipinski definition) is 2. The summed E-state index contributed by atoms with van der Waals surface area (Å²) in [5.41, 5.74) is 5.47. The number of likely N-dealkylation sites (tertiary alicyclic amines) is 1. The highest BCUT2D eigenvalue weighted by atomic mass is 15.2. The topological polar surface area (TPSA) is 53.1 Å². The molecule has 3 atom stereocenters. The van der Waals surface area contributed by atoms with E-state index in [9.17, 15) is 0 Å². The largest absolute Gasteiger partial charge is 0.387 e. The van der Waals surface area contributed by atoms with Crippen LogP contribution in [-0.4, -0.2) is 29.9 Å². The van der Waals surface area contributed by atoms with Gasteiger partial charge >= 0.3 is 0 Å². The van der Waals surface area contributed by atoms with Crippen LogP contribution in [0.3, 0.4) is 0 Å². The quantitative estimate of drug-likeness (QED) is 0.505. The minimum Gasteiger partial charge on any atom is -0.387 e. The van der Waals surface area contributed by atoms with E-state index in [1.165, 1.54) is 25.8 Å². The van der Waals surface area contributed by atoms with Gasteiger partial charge in [-0.2, -0.15) is 0 Å². The summed E-state index contributed by atoms with van der Waals surface area (Å²) in [5, 5.41) is 7.35. The molecule has 0 aromatic rings. The molecule has 3 unspecified atom stereocenters. The molecular weight excluding hydrogens is 162 g/mol. The van der Waals surface area contributed by atoms with Crippen molar-refractivity contribution in [1.82, 2.24) is 4.90 Å². The van der Waals surface area contributed by atoms with Gasteiger partial charge in [-0.1, -0.05) is 6.92 Å². The molecule has 2 rings (SSSR count). The molecule has 13 heavy (non-hydrogen) atoms. The van der Waals surface area contributed by atoms with E-state index in [2.05, 4.69) is 4.90 Å². The minimum absolute atomic E-state index is 0.236. The summed E-state index contributed by atoms with van der Waals surface area (Å²) in [5.74, 6) is 1.52. The second-order valence-electron chi connectivity index (χ2n) is 4.64. The number of hydrogen-bond donors (Lipinski definition) is 2. The fourth-order valence-corrected chi connectivity index (χ4v) is 2.70. The molecular formula is C10H19N3. The Labute approximate surface area is 79.8 Å². The van der Waals surface area contributed by atoms with Gasteiger partial charge in [0.15, 0.2) is 0 Å². The maximum atomic E-state index is 7.35. The van der Waals surface area contributed by atoms with Gasteiger partial charge in [0.2, 0.25) is 0 Å². The van der Waals surface area contributed by atoms with E-state index in [1.807, 2.05) is 6.92 Å². The van der Waals surface area contributed by atoms with Crippen molar-refractivity contribution in [2.24, 2.45) is 17.6 Å². The van der Waals surface area contributed by atoms with Gasteiger partial charge in [-0.05, 0) is 25.2 Å². The normalized spacial score (nSPS) is 35.2. The molecule has 3 nitrogen and oxygen atoms in total. The molecule has 2 fully saturated rings. The Bertz CT molecular complexity index is 214. The zero-order chi connectivity index (χ0) is 9.42. The van der Waals surface area contributed by atoms with Gasteiger partial charge in [0.25, 0.3) is 0 Å². The third kappa shape index (κ3) is 1.70. The van der Waals surface area contributed by atoms with Gasteiger partial charge in [0, 0.05) is 25.0 Å². The lowest BCUT2D eigenvalue weighted by atomic mass is 10.1. The monoisotopic (exact) mass is 181 g/mol. The Hall–Kier alpha value is -0.570. The molecule has 0 aromatic carbocycles. The highest BCUT2D eigenvalue weighted by Crippen LogP contribution is 2.37. The highest BCUT2D eigenvalue weighted by Gasteiger charge is 2.37. The average molecular weight is 181 g/mol. The van der Waals surface area contributed by atoms with Crippen molar-refractivity contribution in [2.45, 2.75) is 32.2 Å².